The zero-order chi connectivity index (χ0) is 29.0. The summed E-state index contributed by atoms with van der Waals surface area (Å²) in [6, 6.07) is 0. The van der Waals surface area contributed by atoms with Crippen LogP contribution in [-0.4, -0.2) is 72.6 Å². The van der Waals surface area contributed by atoms with Gasteiger partial charge < -0.3 is 55.1 Å². The summed E-state index contributed by atoms with van der Waals surface area (Å²) in [4.78, 5) is 53.4. The summed E-state index contributed by atoms with van der Waals surface area (Å²) in [6.45, 7) is 0.134. The number of nitrogens with two attached hydrogens (primary N) is 1. The smallest absolute Gasteiger partial charge is 0.280 e. The zero-order valence-electron chi connectivity index (χ0n) is 19.9. The van der Waals surface area contributed by atoms with Crippen molar-refractivity contribution in [3.8, 4) is 0 Å². The van der Waals surface area contributed by atoms with Crippen LogP contribution in [0.1, 0.15) is 31.9 Å². The molecular formula is C16H26N6O13P3S-3. The van der Waals surface area contributed by atoms with E-state index in [9.17, 15) is 38.6 Å². The van der Waals surface area contributed by atoms with Crippen molar-refractivity contribution in [1.82, 2.24) is 19.5 Å². The maximum Gasteiger partial charge on any atom is 0.280 e. The Morgan fingerprint density at radius 3 is 2.49 bits per heavy atom. The lowest BCUT2D eigenvalue weighted by atomic mass is 10.1. The first kappa shape index (κ1) is 32.3. The Labute approximate surface area is 225 Å². The molecule has 3 heterocycles. The third-order valence-corrected chi connectivity index (χ3v) is 9.26. The fraction of sp³-hybridized carbons (Fsp3) is 0.688. The Morgan fingerprint density at radius 1 is 1.13 bits per heavy atom. The van der Waals surface area contributed by atoms with E-state index in [-0.39, 0.29) is 15.8 Å². The Hall–Kier alpha value is -1.18. The standard InChI is InChI=1S/C16H29N6O13P3S/c17-5-3-1-2-4-6-18-16-20-13-10(14(39)21-16)19-8-22(13)15-12(24)11(23)9(33-15)7-32-37(28,29)35-38(30,31)34-36(25,26)27/h8-9,11-12,15,23-24H,1-7,17H2,(H,28,29)(H,30,31)(H2,25,26,27)(H2,18,20,21,39)/p-3/t9-,11+,12?,15-/m1/s1. The Bertz CT molecular complexity index is 1340. The van der Waals surface area contributed by atoms with Crippen LogP contribution in [-0.2, 0) is 31.6 Å². The van der Waals surface area contributed by atoms with Gasteiger partial charge in [0, 0.05) is 6.54 Å². The highest BCUT2D eigenvalue weighted by Crippen LogP contribution is 2.61. The zero-order valence-corrected chi connectivity index (χ0v) is 23.4. The molecule has 222 valence electrons. The molecule has 0 aromatic carbocycles. The van der Waals surface area contributed by atoms with Gasteiger partial charge in [-0.15, -0.1) is 0 Å². The SMILES string of the molecule is NCCCCCCNc1nc(=S)c2ncn([C@@H]3O[C@H](COP(=O)([O-])OP(=O)([O-])OP(=O)([O-])O)[C@H](O)C3O)c2[nH]1. The van der Waals surface area contributed by atoms with Gasteiger partial charge in [-0.3, -0.25) is 18.3 Å². The number of imidazole rings is 1. The number of aromatic nitrogens is 4. The Balaban J connectivity index is 1.68. The summed E-state index contributed by atoms with van der Waals surface area (Å²) >= 11 is 5.28. The molecule has 1 saturated heterocycles. The summed E-state index contributed by atoms with van der Waals surface area (Å²) in [7, 11) is -17.8. The minimum Gasteiger partial charge on any atom is -0.756 e. The number of aromatic amines is 1. The van der Waals surface area contributed by atoms with E-state index in [0.717, 1.165) is 25.7 Å². The monoisotopic (exact) mass is 635 g/mol. The Kier molecular flexibility index (Phi) is 10.9. The number of unbranched alkanes of at least 4 members (excludes halogenated alkanes) is 3. The van der Waals surface area contributed by atoms with Gasteiger partial charge in [0.1, 0.15) is 29.5 Å². The fourth-order valence-electron chi connectivity index (χ4n) is 3.59. The molecule has 0 bridgehead atoms. The first-order valence-corrected chi connectivity index (χ1v) is 16.1. The van der Waals surface area contributed by atoms with Crippen LogP contribution in [0.4, 0.5) is 5.95 Å². The lowest BCUT2D eigenvalue weighted by Gasteiger charge is -2.33. The van der Waals surface area contributed by atoms with Crippen LogP contribution in [0.15, 0.2) is 6.33 Å². The molecule has 1 aliphatic heterocycles. The molecular weight excluding hydrogens is 609 g/mol. The van der Waals surface area contributed by atoms with Gasteiger partial charge in [-0.25, -0.2) is 18.6 Å². The van der Waals surface area contributed by atoms with Gasteiger partial charge in [-0.1, -0.05) is 25.1 Å². The molecule has 39 heavy (non-hydrogen) atoms. The molecule has 1 fully saturated rings. The molecule has 1 aliphatic rings. The number of aliphatic hydroxyl groups excluding tert-OH is 2. The van der Waals surface area contributed by atoms with Crippen molar-refractivity contribution in [3.63, 3.8) is 0 Å². The highest BCUT2D eigenvalue weighted by molar-refractivity contribution is 7.71. The molecule has 2 aromatic rings. The second kappa shape index (κ2) is 13.2. The number of ether oxygens (including phenoxy) is 1. The normalized spacial score (nSPS) is 26.2. The van der Waals surface area contributed by atoms with Crippen molar-refractivity contribution >= 4 is 52.8 Å². The molecule has 23 heteroatoms. The first-order chi connectivity index (χ1) is 18.1. The summed E-state index contributed by atoms with van der Waals surface area (Å²) < 4.78 is 51.6. The van der Waals surface area contributed by atoms with Crippen LogP contribution in [0.5, 0.6) is 0 Å². The second-order valence-electron chi connectivity index (χ2n) is 8.24. The summed E-state index contributed by atoms with van der Waals surface area (Å²) in [5.74, 6) is 0.306. The van der Waals surface area contributed by atoms with Gasteiger partial charge in [0.05, 0.1) is 12.9 Å². The predicted molar refractivity (Wildman–Crippen MR) is 128 cm³/mol. The van der Waals surface area contributed by atoms with Gasteiger partial charge in [0.25, 0.3) is 23.5 Å². The van der Waals surface area contributed by atoms with Crippen molar-refractivity contribution in [2.75, 3.05) is 25.0 Å². The average Bonchev–Trinajstić information content (AvgIpc) is 3.34. The number of fused-ring (bicyclic) bond motifs is 1. The minimum atomic E-state index is -6.10. The molecule has 0 spiro atoms. The number of nitrogens with one attached hydrogen (secondary N) is 2. The van der Waals surface area contributed by atoms with Crippen LogP contribution >= 0.6 is 35.7 Å². The van der Waals surface area contributed by atoms with Gasteiger partial charge in [-0.2, -0.15) is 0 Å². The molecule has 19 nitrogen and oxygen atoms in total. The average molecular weight is 635 g/mol. The molecule has 0 radical (unpaired) electrons. The molecule has 0 aliphatic carbocycles. The van der Waals surface area contributed by atoms with Crippen LogP contribution < -0.4 is 25.7 Å². The fourth-order valence-corrected chi connectivity index (χ4v) is 6.73. The second-order valence-corrected chi connectivity index (χ2v) is 12.9. The van der Waals surface area contributed by atoms with E-state index in [1.165, 1.54) is 10.9 Å². The van der Waals surface area contributed by atoms with Crippen LogP contribution in [0.25, 0.3) is 11.2 Å². The number of hydrogen-bond acceptors (Lipinski definition) is 17. The molecule has 0 amide bonds. The molecule has 0 saturated carbocycles. The number of phosphoric ester groups is 1. The van der Waals surface area contributed by atoms with Crippen LogP contribution in [0, 0.1) is 4.64 Å². The molecule has 4 unspecified atom stereocenters. The number of phosphoric acid groups is 3. The van der Waals surface area contributed by atoms with Crippen LogP contribution in [0.2, 0.25) is 0 Å². The Morgan fingerprint density at radius 2 is 1.82 bits per heavy atom. The maximum absolute atomic E-state index is 11.8. The van der Waals surface area contributed by atoms with Gasteiger partial charge in [0.15, 0.2) is 10.9 Å². The first-order valence-electron chi connectivity index (χ1n) is 11.3. The summed E-state index contributed by atoms with van der Waals surface area (Å²) in [5.41, 5.74) is 5.98. The van der Waals surface area contributed by atoms with Gasteiger partial charge >= 0.3 is 0 Å². The van der Waals surface area contributed by atoms with Crippen LogP contribution in [0.3, 0.4) is 0 Å². The van der Waals surface area contributed by atoms with Crippen molar-refractivity contribution in [2.24, 2.45) is 5.73 Å². The van der Waals surface area contributed by atoms with Gasteiger partial charge in [0.2, 0.25) is 5.95 Å². The number of anilines is 1. The third-order valence-electron chi connectivity index (χ3n) is 5.28. The topological polar surface area (TPSA) is 303 Å². The number of H-pyrrole nitrogens is 1. The molecule has 2 aromatic heterocycles. The highest BCUT2D eigenvalue weighted by atomic mass is 32.1. The van der Waals surface area contributed by atoms with Crippen molar-refractivity contribution in [1.29, 1.82) is 0 Å². The van der Waals surface area contributed by atoms with Crippen molar-refractivity contribution < 1.29 is 61.4 Å². The molecule has 7 atom stereocenters. The molecule has 3 rings (SSSR count). The molecule has 7 N–H and O–H groups in total. The van der Waals surface area contributed by atoms with E-state index in [1.54, 1.807) is 0 Å². The number of aliphatic hydroxyl groups is 2. The van der Waals surface area contributed by atoms with E-state index < -0.39 is 54.6 Å². The number of hydrogen-bond donors (Lipinski definition) is 6. The predicted octanol–water partition coefficient (Wildman–Crippen LogP) is -1.51. The summed E-state index contributed by atoms with van der Waals surface area (Å²) in [6.07, 6.45) is -1.32. The van der Waals surface area contributed by atoms with E-state index >= 15 is 0 Å². The summed E-state index contributed by atoms with van der Waals surface area (Å²) in [5, 5.41) is 24.0. The van der Waals surface area contributed by atoms with Crippen molar-refractivity contribution in [2.45, 2.75) is 50.2 Å². The van der Waals surface area contributed by atoms with E-state index in [0.29, 0.717) is 19.0 Å². The lowest BCUT2D eigenvalue weighted by molar-refractivity contribution is -0.250. The van der Waals surface area contributed by atoms with Gasteiger partial charge in [-0.05, 0) is 19.4 Å². The maximum atomic E-state index is 11.8. The minimum absolute atomic E-state index is 0.125. The van der Waals surface area contributed by atoms with Crippen molar-refractivity contribution in [3.05, 3.63) is 11.0 Å². The lowest BCUT2D eigenvalue weighted by Crippen LogP contribution is -2.34. The number of rotatable bonds is 15. The largest absolute Gasteiger partial charge is 0.756 e. The highest BCUT2D eigenvalue weighted by Gasteiger charge is 2.45. The van der Waals surface area contributed by atoms with E-state index in [2.05, 4.69) is 33.4 Å². The third kappa shape index (κ3) is 9.16. The van der Waals surface area contributed by atoms with E-state index in [1.807, 2.05) is 0 Å². The quantitative estimate of drug-likeness (QED) is 0.0735. The number of nitrogens with zero attached hydrogens (tertiary/aromatic N) is 3. The van der Waals surface area contributed by atoms with E-state index in [4.69, 9.17) is 27.6 Å².